The molecule has 0 aliphatic carbocycles. The first-order valence-electron chi connectivity index (χ1n) is 7.71. The molecule has 0 aromatic heterocycles. The van der Waals surface area contributed by atoms with Crippen LogP contribution in [0.1, 0.15) is 15.9 Å². The van der Waals surface area contributed by atoms with E-state index in [0.29, 0.717) is 16.8 Å². The highest BCUT2D eigenvalue weighted by molar-refractivity contribution is 6.02. The van der Waals surface area contributed by atoms with Gasteiger partial charge in [-0.05, 0) is 48.0 Å². The Balaban J connectivity index is 1.93. The molecule has 0 fully saturated rings. The first kappa shape index (κ1) is 19.1. The van der Waals surface area contributed by atoms with E-state index in [4.69, 9.17) is 0 Å². The van der Waals surface area contributed by atoms with Gasteiger partial charge in [0.1, 0.15) is 5.75 Å². The minimum absolute atomic E-state index is 0.0500. The quantitative estimate of drug-likeness (QED) is 0.800. The Morgan fingerprint density at radius 1 is 1.04 bits per heavy atom. The highest BCUT2D eigenvalue weighted by Crippen LogP contribution is 2.16. The topological polar surface area (TPSA) is 58.6 Å². The van der Waals surface area contributed by atoms with Crippen LogP contribution in [0.15, 0.2) is 54.6 Å². The average Bonchev–Trinajstić information content (AvgIpc) is 2.60. The predicted octanol–water partition coefficient (Wildman–Crippen LogP) is 3.64. The third-order valence-electron chi connectivity index (χ3n) is 3.34. The van der Waals surface area contributed by atoms with Crippen LogP contribution in [0.5, 0.6) is 5.75 Å². The maximum atomic E-state index is 12.1. The highest BCUT2D eigenvalue weighted by atomic mass is 19.3. The second-order valence-corrected chi connectivity index (χ2v) is 5.55. The molecule has 0 heterocycles. The minimum Gasteiger partial charge on any atom is -0.435 e. The van der Waals surface area contributed by atoms with Crippen molar-refractivity contribution in [2.75, 3.05) is 19.4 Å². The summed E-state index contributed by atoms with van der Waals surface area (Å²) in [6.45, 7) is -2.87. The second kappa shape index (κ2) is 8.75. The maximum Gasteiger partial charge on any atom is 0.387 e. The van der Waals surface area contributed by atoms with E-state index in [9.17, 15) is 18.4 Å². The first-order chi connectivity index (χ1) is 12.3. The molecule has 2 aromatic rings. The molecule has 7 heteroatoms. The van der Waals surface area contributed by atoms with E-state index >= 15 is 0 Å². The van der Waals surface area contributed by atoms with Crippen molar-refractivity contribution in [1.29, 1.82) is 0 Å². The highest BCUT2D eigenvalue weighted by Gasteiger charge is 2.07. The van der Waals surface area contributed by atoms with Crippen LogP contribution in [0, 0.1) is 0 Å². The van der Waals surface area contributed by atoms with Crippen LogP contribution >= 0.6 is 0 Å². The van der Waals surface area contributed by atoms with E-state index in [1.165, 1.54) is 23.1 Å². The molecular weight excluding hydrogens is 342 g/mol. The molecule has 5 nitrogen and oxygen atoms in total. The largest absolute Gasteiger partial charge is 0.435 e. The van der Waals surface area contributed by atoms with Crippen LogP contribution in [0.25, 0.3) is 6.08 Å². The van der Waals surface area contributed by atoms with Crippen molar-refractivity contribution >= 4 is 23.6 Å². The van der Waals surface area contributed by atoms with E-state index in [-0.39, 0.29) is 17.6 Å². The molecule has 0 spiro atoms. The van der Waals surface area contributed by atoms with E-state index in [0.717, 1.165) is 0 Å². The molecule has 0 atom stereocenters. The fourth-order valence-corrected chi connectivity index (χ4v) is 2.07. The lowest BCUT2D eigenvalue weighted by Crippen LogP contribution is -2.21. The van der Waals surface area contributed by atoms with Gasteiger partial charge in [-0.3, -0.25) is 9.59 Å². The van der Waals surface area contributed by atoms with E-state index < -0.39 is 6.61 Å². The standard InChI is InChI=1S/C19H18F2N2O3/c1-23(2)18(25)14-6-8-15(9-7-14)22-17(24)12-5-13-3-10-16(11-4-13)26-19(20)21/h3-12,19H,1-2H3,(H,22,24). The smallest absolute Gasteiger partial charge is 0.387 e. The van der Waals surface area contributed by atoms with Crippen LogP contribution in [0.4, 0.5) is 14.5 Å². The second-order valence-electron chi connectivity index (χ2n) is 5.55. The lowest BCUT2D eigenvalue weighted by atomic mass is 10.2. The van der Waals surface area contributed by atoms with Crippen molar-refractivity contribution in [3.8, 4) is 5.75 Å². The number of nitrogens with one attached hydrogen (secondary N) is 1. The zero-order valence-electron chi connectivity index (χ0n) is 14.3. The molecule has 0 radical (unpaired) electrons. The van der Waals surface area contributed by atoms with E-state index in [1.807, 2.05) is 0 Å². The molecule has 0 bridgehead atoms. The number of ether oxygens (including phenoxy) is 1. The fraction of sp³-hybridized carbons (Fsp3) is 0.158. The number of nitrogens with zero attached hydrogens (tertiary/aromatic N) is 1. The van der Waals surface area contributed by atoms with Gasteiger partial charge in [-0.2, -0.15) is 8.78 Å². The summed E-state index contributed by atoms with van der Waals surface area (Å²) in [5.41, 5.74) is 1.74. The number of halogens is 2. The number of hydrogen-bond acceptors (Lipinski definition) is 3. The molecule has 2 rings (SSSR count). The fourth-order valence-electron chi connectivity index (χ4n) is 2.07. The molecular formula is C19H18F2N2O3. The Morgan fingerprint density at radius 3 is 2.19 bits per heavy atom. The van der Waals surface area contributed by atoms with Crippen molar-refractivity contribution in [3.05, 3.63) is 65.7 Å². The van der Waals surface area contributed by atoms with Gasteiger partial charge in [0, 0.05) is 31.4 Å². The number of rotatable bonds is 6. The van der Waals surface area contributed by atoms with Gasteiger partial charge in [-0.15, -0.1) is 0 Å². The van der Waals surface area contributed by atoms with Gasteiger partial charge in [-0.1, -0.05) is 12.1 Å². The zero-order chi connectivity index (χ0) is 19.1. The van der Waals surface area contributed by atoms with Crippen molar-refractivity contribution in [3.63, 3.8) is 0 Å². The number of carbonyl (C=O) groups excluding carboxylic acids is 2. The molecule has 2 aromatic carbocycles. The third kappa shape index (κ3) is 5.70. The minimum atomic E-state index is -2.87. The number of hydrogen-bond donors (Lipinski definition) is 1. The molecule has 0 aliphatic heterocycles. The summed E-state index contributed by atoms with van der Waals surface area (Å²) < 4.78 is 28.4. The summed E-state index contributed by atoms with van der Waals surface area (Å²) in [6, 6.07) is 12.4. The van der Waals surface area contributed by atoms with Crippen LogP contribution in [0.2, 0.25) is 0 Å². The Labute approximate surface area is 149 Å². The van der Waals surface area contributed by atoms with Crippen LogP contribution in [-0.4, -0.2) is 37.4 Å². The van der Waals surface area contributed by atoms with Gasteiger partial charge in [0.25, 0.3) is 5.91 Å². The first-order valence-corrected chi connectivity index (χ1v) is 7.71. The average molecular weight is 360 g/mol. The zero-order valence-corrected chi connectivity index (χ0v) is 14.3. The van der Waals surface area contributed by atoms with Gasteiger partial charge in [0.2, 0.25) is 5.91 Å². The SMILES string of the molecule is CN(C)C(=O)c1ccc(NC(=O)C=Cc2ccc(OC(F)F)cc2)cc1. The maximum absolute atomic E-state index is 12.1. The summed E-state index contributed by atoms with van der Waals surface area (Å²) in [5, 5.41) is 2.67. The van der Waals surface area contributed by atoms with Gasteiger partial charge in [-0.25, -0.2) is 0 Å². The molecule has 26 heavy (non-hydrogen) atoms. The molecule has 2 amide bonds. The summed E-state index contributed by atoms with van der Waals surface area (Å²) in [7, 11) is 3.32. The number of benzene rings is 2. The molecule has 0 aliphatic rings. The molecule has 1 N–H and O–H groups in total. The third-order valence-corrected chi connectivity index (χ3v) is 3.34. The van der Waals surface area contributed by atoms with Crippen LogP contribution in [-0.2, 0) is 4.79 Å². The molecule has 136 valence electrons. The number of amides is 2. The van der Waals surface area contributed by atoms with Gasteiger partial charge >= 0.3 is 6.61 Å². The summed E-state index contributed by atoms with van der Waals surface area (Å²) in [6.07, 6.45) is 2.87. The Kier molecular flexibility index (Phi) is 6.43. The lowest BCUT2D eigenvalue weighted by molar-refractivity contribution is -0.111. The Hall–Kier alpha value is -3.22. The van der Waals surface area contributed by atoms with Crippen LogP contribution in [0.3, 0.4) is 0 Å². The van der Waals surface area contributed by atoms with Crippen LogP contribution < -0.4 is 10.1 Å². The number of alkyl halides is 2. The number of carbonyl (C=O) groups is 2. The predicted molar refractivity (Wildman–Crippen MR) is 95.2 cm³/mol. The van der Waals surface area contributed by atoms with Gasteiger partial charge in [0.15, 0.2) is 0 Å². The van der Waals surface area contributed by atoms with Gasteiger partial charge in [0.05, 0.1) is 0 Å². The number of anilines is 1. The Bertz CT molecular complexity index is 785. The Morgan fingerprint density at radius 2 is 1.65 bits per heavy atom. The van der Waals surface area contributed by atoms with E-state index in [1.54, 1.807) is 56.6 Å². The molecule has 0 unspecified atom stereocenters. The summed E-state index contributed by atoms with van der Waals surface area (Å²) in [4.78, 5) is 25.2. The normalized spacial score (nSPS) is 10.8. The van der Waals surface area contributed by atoms with Gasteiger partial charge < -0.3 is 15.0 Å². The monoisotopic (exact) mass is 360 g/mol. The van der Waals surface area contributed by atoms with Crippen molar-refractivity contribution in [1.82, 2.24) is 4.90 Å². The van der Waals surface area contributed by atoms with Crippen molar-refractivity contribution in [2.45, 2.75) is 6.61 Å². The lowest BCUT2D eigenvalue weighted by Gasteiger charge is -2.10. The van der Waals surface area contributed by atoms with Crippen molar-refractivity contribution < 1.29 is 23.1 Å². The molecule has 0 saturated carbocycles. The molecule has 0 saturated heterocycles. The summed E-state index contributed by atoms with van der Waals surface area (Å²) in [5.74, 6) is -0.430. The summed E-state index contributed by atoms with van der Waals surface area (Å²) >= 11 is 0. The van der Waals surface area contributed by atoms with Crippen molar-refractivity contribution in [2.24, 2.45) is 0 Å². The van der Waals surface area contributed by atoms with E-state index in [2.05, 4.69) is 10.1 Å².